The minimum absolute atomic E-state index is 0.704. The number of hydrogen-bond donors (Lipinski definition) is 0. The normalized spacial score (nSPS) is 10.4. The molecule has 0 aliphatic heterocycles. The van der Waals surface area contributed by atoms with Gasteiger partial charge in [-0.2, -0.15) is 0 Å². The Balaban J connectivity index is 0.000000178. The van der Waals surface area contributed by atoms with Crippen LogP contribution in [0.2, 0.25) is 15.1 Å². The molecule has 66 heavy (non-hydrogen) atoms. The number of hydrogen-bond acceptors (Lipinski definition) is 4. The Morgan fingerprint density at radius 2 is 0.621 bits per heavy atom. The molecule has 0 unspecified atom stereocenters. The van der Waals surface area contributed by atoms with Crippen LogP contribution >= 0.6 is 34.8 Å². The summed E-state index contributed by atoms with van der Waals surface area (Å²) < 4.78 is 10.9. The quantitative estimate of drug-likeness (QED) is 0.136. The lowest BCUT2D eigenvalue weighted by molar-refractivity contribution is 0.415. The van der Waals surface area contributed by atoms with Crippen LogP contribution in [0.5, 0.6) is 11.5 Å². The predicted molar refractivity (Wildman–Crippen MR) is 282 cm³/mol. The molecule has 0 heterocycles. The minimum Gasteiger partial charge on any atom is -0.497 e. The van der Waals surface area contributed by atoms with E-state index in [1.807, 2.05) is 116 Å². The van der Waals surface area contributed by atoms with Crippen LogP contribution in [0.15, 0.2) is 218 Å². The van der Waals surface area contributed by atoms with Crippen molar-refractivity contribution in [1.29, 1.82) is 0 Å². The topological polar surface area (TPSA) is 24.9 Å². The number of ether oxygens (including phenoxy) is 2. The maximum absolute atomic E-state index is 6.02. The molecule has 0 saturated carbocycles. The largest absolute Gasteiger partial charge is 0.497 e. The van der Waals surface area contributed by atoms with Crippen LogP contribution in [0.4, 0.5) is 34.1 Å². The lowest BCUT2D eigenvalue weighted by atomic mass is 10.0. The van der Waals surface area contributed by atoms with Gasteiger partial charge in [0, 0.05) is 61.3 Å². The first kappa shape index (κ1) is 47.0. The van der Waals surface area contributed by atoms with Gasteiger partial charge in [-0.3, -0.25) is 0 Å². The van der Waals surface area contributed by atoms with Gasteiger partial charge in [0.1, 0.15) is 11.5 Å². The van der Waals surface area contributed by atoms with Gasteiger partial charge >= 0.3 is 0 Å². The van der Waals surface area contributed by atoms with Crippen molar-refractivity contribution in [2.45, 2.75) is 20.8 Å². The van der Waals surface area contributed by atoms with Crippen LogP contribution < -0.4 is 19.3 Å². The Hall–Kier alpha value is -6.95. The van der Waals surface area contributed by atoms with Crippen molar-refractivity contribution in [3.8, 4) is 33.8 Å². The fourth-order valence-electron chi connectivity index (χ4n) is 7.43. The van der Waals surface area contributed by atoms with Gasteiger partial charge in [-0.25, -0.2) is 0 Å². The molecule has 0 spiro atoms. The van der Waals surface area contributed by atoms with E-state index >= 15 is 0 Å². The van der Waals surface area contributed by atoms with E-state index < -0.39 is 0 Å². The fraction of sp³-hybridized carbons (Fsp3) is 0.0847. The Morgan fingerprint density at radius 3 is 0.939 bits per heavy atom. The number of anilines is 6. The number of nitrogens with zero attached hydrogens (tertiary/aromatic N) is 2. The molecule has 0 amide bonds. The molecule has 0 radical (unpaired) electrons. The van der Waals surface area contributed by atoms with Gasteiger partial charge in [0.05, 0.1) is 14.2 Å². The number of halogens is 3. The summed E-state index contributed by atoms with van der Waals surface area (Å²) in [6, 6.07) is 74.0. The monoisotopic (exact) mass is 924 g/mol. The molecular formula is C59H51Cl3N2O2. The van der Waals surface area contributed by atoms with E-state index in [4.69, 9.17) is 44.3 Å². The molecule has 0 saturated heterocycles. The summed E-state index contributed by atoms with van der Waals surface area (Å²) in [6.45, 7) is 6.28. The van der Waals surface area contributed by atoms with E-state index in [1.165, 1.54) is 38.9 Å². The molecule has 0 N–H and O–H groups in total. The van der Waals surface area contributed by atoms with Crippen LogP contribution in [0, 0.1) is 20.8 Å². The third-order valence-electron chi connectivity index (χ3n) is 10.7. The molecule has 0 bridgehead atoms. The molecule has 330 valence electrons. The third-order valence-corrected chi connectivity index (χ3v) is 11.5. The van der Waals surface area contributed by atoms with Gasteiger partial charge in [-0.15, -0.1) is 0 Å². The van der Waals surface area contributed by atoms with Crippen LogP contribution in [0.3, 0.4) is 0 Å². The Labute approximate surface area is 404 Å². The van der Waals surface area contributed by atoms with E-state index in [0.29, 0.717) is 10.0 Å². The van der Waals surface area contributed by atoms with Crippen molar-refractivity contribution in [3.63, 3.8) is 0 Å². The van der Waals surface area contributed by atoms with Gasteiger partial charge in [0.2, 0.25) is 0 Å². The molecule has 9 aromatic rings. The van der Waals surface area contributed by atoms with Crippen LogP contribution in [0.25, 0.3) is 22.3 Å². The Kier molecular flexibility index (Phi) is 16.2. The highest BCUT2D eigenvalue weighted by molar-refractivity contribution is 6.31. The van der Waals surface area contributed by atoms with Crippen molar-refractivity contribution < 1.29 is 9.47 Å². The molecule has 0 atom stereocenters. The second-order valence-electron chi connectivity index (χ2n) is 15.7. The molecule has 4 nitrogen and oxygen atoms in total. The minimum atomic E-state index is 0.704. The van der Waals surface area contributed by atoms with Crippen LogP contribution in [0.1, 0.15) is 16.7 Å². The molecular weight excluding hydrogens is 875 g/mol. The zero-order valence-corrected chi connectivity index (χ0v) is 39.9. The molecule has 0 aromatic heterocycles. The summed E-state index contributed by atoms with van der Waals surface area (Å²) in [5.41, 5.74) is 14.8. The Bertz CT molecular complexity index is 2800. The fourth-order valence-corrected chi connectivity index (χ4v) is 7.93. The van der Waals surface area contributed by atoms with E-state index in [2.05, 4.69) is 133 Å². The summed E-state index contributed by atoms with van der Waals surface area (Å²) in [5.74, 6) is 1.63. The zero-order chi connectivity index (χ0) is 46.4. The summed E-state index contributed by atoms with van der Waals surface area (Å²) in [5, 5.41) is 2.22. The highest BCUT2D eigenvalue weighted by Gasteiger charge is 2.15. The van der Waals surface area contributed by atoms with Gasteiger partial charge in [0.25, 0.3) is 0 Å². The highest BCUT2D eigenvalue weighted by atomic mass is 35.5. The first-order valence-electron chi connectivity index (χ1n) is 21.5. The number of benzene rings is 9. The second kappa shape index (κ2) is 22.8. The number of aryl methyl sites for hydroxylation is 3. The molecule has 7 heteroatoms. The summed E-state index contributed by atoms with van der Waals surface area (Å²) >= 11 is 17.7. The van der Waals surface area contributed by atoms with E-state index in [1.54, 1.807) is 14.2 Å². The van der Waals surface area contributed by atoms with Gasteiger partial charge < -0.3 is 19.3 Å². The average molecular weight is 926 g/mol. The van der Waals surface area contributed by atoms with Gasteiger partial charge in [-0.05, 0) is 158 Å². The maximum atomic E-state index is 6.02. The van der Waals surface area contributed by atoms with Crippen molar-refractivity contribution >= 4 is 68.9 Å². The van der Waals surface area contributed by atoms with Crippen molar-refractivity contribution in [2.75, 3.05) is 24.0 Å². The standard InChI is InChI=1S/C33H29NO.C19H15Cl2NO.C7H7Cl/c1-24-7-4-9-28(21-24)26-13-17-30(18-14-26)34(32-11-6-12-33(23-32)35-3)31-19-15-27(16-20-31)29-10-5-8-25(2)22-29;1-23-19-4-2-3-18(13-19)22(16-9-5-14(20)6-10-16)17-11-7-15(21)8-12-17;1-6-3-2-4-7(8)5-6/h4-23H,1-3H3;2-13H,1H3;2-5H,1H3. The maximum Gasteiger partial charge on any atom is 0.120 e. The summed E-state index contributed by atoms with van der Waals surface area (Å²) in [7, 11) is 3.37. The third kappa shape index (κ3) is 12.6. The van der Waals surface area contributed by atoms with Gasteiger partial charge in [-0.1, -0.05) is 143 Å². The first-order valence-corrected chi connectivity index (χ1v) is 22.7. The lowest BCUT2D eigenvalue weighted by Crippen LogP contribution is -2.10. The highest BCUT2D eigenvalue weighted by Crippen LogP contribution is 2.39. The lowest BCUT2D eigenvalue weighted by Gasteiger charge is -2.26. The van der Waals surface area contributed by atoms with Gasteiger partial charge in [0.15, 0.2) is 0 Å². The Morgan fingerprint density at radius 1 is 0.288 bits per heavy atom. The van der Waals surface area contributed by atoms with E-state index in [0.717, 1.165) is 50.6 Å². The molecule has 0 fully saturated rings. The SMILES string of the molecule is COc1cccc(N(c2ccc(-c3cccc(C)c3)cc2)c2ccc(-c3cccc(C)c3)cc2)c1.COc1cccc(N(c2ccc(Cl)cc2)c2ccc(Cl)cc2)c1.Cc1cccc(Cl)c1. The molecule has 9 aromatic carbocycles. The molecule has 9 rings (SSSR count). The van der Waals surface area contributed by atoms with E-state index in [9.17, 15) is 0 Å². The zero-order valence-electron chi connectivity index (χ0n) is 37.6. The van der Waals surface area contributed by atoms with Crippen molar-refractivity contribution in [2.24, 2.45) is 0 Å². The number of rotatable bonds is 10. The van der Waals surface area contributed by atoms with Crippen LogP contribution in [-0.2, 0) is 0 Å². The summed E-state index contributed by atoms with van der Waals surface area (Å²) in [4.78, 5) is 4.39. The molecule has 0 aliphatic rings. The molecule has 0 aliphatic carbocycles. The summed E-state index contributed by atoms with van der Waals surface area (Å²) in [6.07, 6.45) is 0. The number of methoxy groups -OCH3 is 2. The smallest absolute Gasteiger partial charge is 0.120 e. The first-order chi connectivity index (χ1) is 32.1. The van der Waals surface area contributed by atoms with Crippen molar-refractivity contribution in [1.82, 2.24) is 0 Å². The van der Waals surface area contributed by atoms with Crippen LogP contribution in [-0.4, -0.2) is 14.2 Å². The predicted octanol–water partition coefficient (Wildman–Crippen LogP) is 18.2. The second-order valence-corrected chi connectivity index (χ2v) is 17.0. The van der Waals surface area contributed by atoms with E-state index in [-0.39, 0.29) is 0 Å². The average Bonchev–Trinajstić information content (AvgIpc) is 3.34. The van der Waals surface area contributed by atoms with Crippen molar-refractivity contribution in [3.05, 3.63) is 250 Å².